The first-order valence-electron chi connectivity index (χ1n) is 10.6. The van der Waals surface area contributed by atoms with Crippen LogP contribution >= 0.6 is 27.3 Å². The number of thiophene rings is 1. The first kappa shape index (κ1) is 17.8. The van der Waals surface area contributed by atoms with Crippen molar-refractivity contribution in [3.63, 3.8) is 0 Å². The summed E-state index contributed by atoms with van der Waals surface area (Å²) < 4.78 is 5.00. The van der Waals surface area contributed by atoms with Gasteiger partial charge < -0.3 is 4.57 Å². The molecule has 0 aliphatic heterocycles. The van der Waals surface area contributed by atoms with E-state index in [2.05, 4.69) is 105 Å². The predicted octanol–water partition coefficient (Wildman–Crippen LogP) is 8.87. The molecule has 0 unspecified atom stereocenters. The van der Waals surface area contributed by atoms with Crippen molar-refractivity contribution >= 4 is 76.0 Å². The van der Waals surface area contributed by atoms with Gasteiger partial charge in [0.1, 0.15) is 0 Å². The third-order valence-electron chi connectivity index (χ3n) is 6.49. The average Bonchev–Trinajstić information content (AvgIpc) is 3.35. The molecule has 0 saturated carbocycles. The molecule has 3 heteroatoms. The minimum Gasteiger partial charge on any atom is -0.309 e. The summed E-state index contributed by atoms with van der Waals surface area (Å²) in [7, 11) is 0. The first-order chi connectivity index (χ1) is 15.3. The molecule has 0 N–H and O–H groups in total. The maximum absolute atomic E-state index is 3.70. The van der Waals surface area contributed by atoms with E-state index in [9.17, 15) is 0 Å². The van der Waals surface area contributed by atoms with Crippen molar-refractivity contribution in [3.05, 3.63) is 93.8 Å². The quantitative estimate of drug-likeness (QED) is 0.222. The third kappa shape index (κ3) is 2.42. The summed E-state index contributed by atoms with van der Waals surface area (Å²) in [6.07, 6.45) is 6.88. The Hall–Kier alpha value is -2.88. The van der Waals surface area contributed by atoms with Crippen LogP contribution in [0.15, 0.2) is 83.3 Å². The molecule has 31 heavy (non-hydrogen) atoms. The van der Waals surface area contributed by atoms with Crippen molar-refractivity contribution in [2.45, 2.75) is 12.8 Å². The molecular formula is C28H18BrNS. The number of aromatic nitrogens is 1. The zero-order valence-corrected chi connectivity index (χ0v) is 19.1. The number of benzene rings is 4. The molecule has 0 atom stereocenters. The molecular weight excluding hydrogens is 462 g/mol. The number of allylic oxidation sites excluding steroid dienone is 1. The van der Waals surface area contributed by atoms with Crippen LogP contribution in [0.25, 0.3) is 54.4 Å². The lowest BCUT2D eigenvalue weighted by Gasteiger charge is -2.12. The standard InChI is InChI=1S/C28H18BrNS/c29-17-8-7-9-18(16-17)30-23-14-5-3-12-21(23)25-19-10-1-2-11-20(19)28-26(27(25)30)22-13-4-6-15-24(22)31-28/h1-3,5-12,14-16H,4,13H2. The van der Waals surface area contributed by atoms with Gasteiger partial charge in [-0.1, -0.05) is 70.5 Å². The zero-order chi connectivity index (χ0) is 20.5. The number of hydrogen-bond acceptors (Lipinski definition) is 1. The highest BCUT2D eigenvalue weighted by Gasteiger charge is 2.23. The Labute approximate surface area is 192 Å². The molecule has 1 aliphatic carbocycles. The van der Waals surface area contributed by atoms with E-state index in [0.717, 1.165) is 17.3 Å². The van der Waals surface area contributed by atoms with Crippen molar-refractivity contribution in [2.75, 3.05) is 0 Å². The number of fused-ring (bicyclic) bond motifs is 10. The van der Waals surface area contributed by atoms with Crippen LogP contribution < -0.4 is 0 Å². The Balaban J connectivity index is 1.85. The van der Waals surface area contributed by atoms with Crippen LogP contribution in [-0.4, -0.2) is 4.57 Å². The lowest BCUT2D eigenvalue weighted by atomic mass is 9.95. The fourth-order valence-corrected chi connectivity index (χ4v) is 6.96. The highest BCUT2D eigenvalue weighted by Crippen LogP contribution is 2.48. The monoisotopic (exact) mass is 479 g/mol. The maximum atomic E-state index is 3.70. The molecule has 1 aliphatic rings. The Kier molecular flexibility index (Phi) is 3.76. The van der Waals surface area contributed by atoms with Gasteiger partial charge in [-0.05, 0) is 54.1 Å². The van der Waals surface area contributed by atoms with E-state index in [0.29, 0.717) is 0 Å². The Bertz CT molecular complexity index is 1700. The summed E-state index contributed by atoms with van der Waals surface area (Å²) in [5.41, 5.74) is 5.32. The largest absolute Gasteiger partial charge is 0.309 e. The number of para-hydroxylation sites is 1. The van der Waals surface area contributed by atoms with Gasteiger partial charge in [0, 0.05) is 41.3 Å². The average molecular weight is 480 g/mol. The molecule has 7 rings (SSSR count). The summed E-state index contributed by atoms with van der Waals surface area (Å²) in [6, 6.07) is 26.5. The highest BCUT2D eigenvalue weighted by atomic mass is 79.9. The predicted molar refractivity (Wildman–Crippen MR) is 139 cm³/mol. The van der Waals surface area contributed by atoms with Crippen molar-refractivity contribution in [1.82, 2.24) is 4.57 Å². The second-order valence-electron chi connectivity index (χ2n) is 8.19. The first-order valence-corrected chi connectivity index (χ1v) is 12.2. The molecule has 0 amide bonds. The van der Waals surface area contributed by atoms with Gasteiger partial charge in [-0.15, -0.1) is 11.3 Å². The third-order valence-corrected chi connectivity index (χ3v) is 8.21. The van der Waals surface area contributed by atoms with E-state index < -0.39 is 0 Å². The van der Waals surface area contributed by atoms with Crippen molar-refractivity contribution < 1.29 is 0 Å². The number of halogens is 1. The number of nitrogens with zero attached hydrogens (tertiary/aromatic N) is 1. The highest BCUT2D eigenvalue weighted by molar-refractivity contribution is 9.10. The second-order valence-corrected chi connectivity index (χ2v) is 10.2. The number of hydrogen-bond donors (Lipinski definition) is 0. The molecule has 0 spiro atoms. The molecule has 148 valence electrons. The van der Waals surface area contributed by atoms with Gasteiger partial charge in [-0.3, -0.25) is 0 Å². The molecule has 2 aromatic heterocycles. The number of rotatable bonds is 1. The van der Waals surface area contributed by atoms with Crippen LogP contribution in [0.5, 0.6) is 0 Å². The van der Waals surface area contributed by atoms with Crippen molar-refractivity contribution in [3.8, 4) is 5.69 Å². The molecule has 0 radical (unpaired) electrons. The molecule has 6 aromatic rings. The fraction of sp³-hybridized carbons (Fsp3) is 0.0714. The summed E-state index contributed by atoms with van der Waals surface area (Å²) in [5.74, 6) is 0. The second kappa shape index (κ2) is 6.56. The van der Waals surface area contributed by atoms with Crippen molar-refractivity contribution in [2.24, 2.45) is 0 Å². The van der Waals surface area contributed by atoms with Crippen molar-refractivity contribution in [1.29, 1.82) is 0 Å². The van der Waals surface area contributed by atoms with E-state index in [4.69, 9.17) is 0 Å². The van der Waals surface area contributed by atoms with Crippen LogP contribution in [-0.2, 0) is 6.42 Å². The summed E-state index contributed by atoms with van der Waals surface area (Å²) in [4.78, 5) is 1.42. The lowest BCUT2D eigenvalue weighted by molar-refractivity contribution is 1.01. The van der Waals surface area contributed by atoms with Gasteiger partial charge in [0.05, 0.1) is 11.0 Å². The summed E-state index contributed by atoms with van der Waals surface area (Å²) in [6.45, 7) is 0. The Morgan fingerprint density at radius 3 is 2.48 bits per heavy atom. The van der Waals surface area contributed by atoms with Gasteiger partial charge in [0.15, 0.2) is 0 Å². The smallest absolute Gasteiger partial charge is 0.0637 e. The number of aryl methyl sites for hydroxylation is 1. The van der Waals surface area contributed by atoms with E-state index in [1.165, 1.54) is 58.8 Å². The van der Waals surface area contributed by atoms with Gasteiger partial charge in [-0.25, -0.2) is 0 Å². The molecule has 0 saturated heterocycles. The topological polar surface area (TPSA) is 4.93 Å². The minimum atomic E-state index is 1.10. The lowest BCUT2D eigenvalue weighted by Crippen LogP contribution is -1.96. The van der Waals surface area contributed by atoms with Crippen LogP contribution in [0, 0.1) is 0 Å². The van der Waals surface area contributed by atoms with E-state index in [-0.39, 0.29) is 0 Å². The molecule has 0 fully saturated rings. The van der Waals surface area contributed by atoms with Crippen LogP contribution in [0.3, 0.4) is 0 Å². The molecule has 1 nitrogen and oxygen atoms in total. The fourth-order valence-electron chi connectivity index (χ4n) is 5.26. The van der Waals surface area contributed by atoms with Gasteiger partial charge >= 0.3 is 0 Å². The molecule has 2 heterocycles. The van der Waals surface area contributed by atoms with Crippen LogP contribution in [0.4, 0.5) is 0 Å². The SMILES string of the molecule is Brc1cccc(-n2c3ccccc3c3c4ccccc4c4sc5c(c4c32)CCC=C5)c1. The molecule has 0 bridgehead atoms. The minimum absolute atomic E-state index is 1.10. The summed E-state index contributed by atoms with van der Waals surface area (Å²) in [5, 5.41) is 6.84. The van der Waals surface area contributed by atoms with Gasteiger partial charge in [0.2, 0.25) is 0 Å². The Morgan fingerprint density at radius 1 is 0.806 bits per heavy atom. The summed E-state index contributed by atoms with van der Waals surface area (Å²) >= 11 is 5.65. The Morgan fingerprint density at radius 2 is 1.61 bits per heavy atom. The van der Waals surface area contributed by atoms with Gasteiger partial charge in [-0.2, -0.15) is 0 Å². The molecule has 4 aromatic carbocycles. The van der Waals surface area contributed by atoms with E-state index >= 15 is 0 Å². The van der Waals surface area contributed by atoms with E-state index in [1.54, 1.807) is 0 Å². The van der Waals surface area contributed by atoms with E-state index in [1.807, 2.05) is 11.3 Å². The maximum Gasteiger partial charge on any atom is 0.0637 e. The van der Waals surface area contributed by atoms with Crippen LogP contribution in [0.2, 0.25) is 0 Å². The normalized spacial score (nSPS) is 13.6. The van der Waals surface area contributed by atoms with Crippen LogP contribution in [0.1, 0.15) is 16.9 Å². The van der Waals surface area contributed by atoms with Gasteiger partial charge in [0.25, 0.3) is 0 Å². The zero-order valence-electron chi connectivity index (χ0n) is 16.7.